The first-order chi connectivity index (χ1) is 7.81. The van der Waals surface area contributed by atoms with Crippen LogP contribution in [0, 0.1) is 11.7 Å². The summed E-state index contributed by atoms with van der Waals surface area (Å²) in [5, 5.41) is 9.01. The van der Waals surface area contributed by atoms with E-state index in [0.29, 0.717) is 18.1 Å². The minimum Gasteiger partial charge on any atom is -0.464 e. The van der Waals surface area contributed by atoms with Crippen molar-refractivity contribution in [3.05, 3.63) is 29.6 Å². The highest BCUT2D eigenvalue weighted by molar-refractivity contribution is 5.34. The van der Waals surface area contributed by atoms with E-state index >= 15 is 0 Å². The monoisotopic (exact) mass is 226 g/mol. The molecule has 2 rings (SSSR count). The molecule has 0 unspecified atom stereocenters. The number of aliphatic hydroxyl groups is 1. The van der Waals surface area contributed by atoms with E-state index in [9.17, 15) is 4.39 Å². The molecule has 0 aromatic heterocycles. The van der Waals surface area contributed by atoms with Crippen molar-refractivity contribution in [3.63, 3.8) is 0 Å². The van der Waals surface area contributed by atoms with Crippen LogP contribution in [-0.2, 0) is 11.3 Å². The molecule has 0 saturated heterocycles. The highest BCUT2D eigenvalue weighted by Crippen LogP contribution is 2.29. The molecule has 1 fully saturated rings. The number of halogens is 1. The summed E-state index contributed by atoms with van der Waals surface area (Å²) in [6, 6.07) is 4.47. The normalized spacial score (nSPS) is 15.1. The van der Waals surface area contributed by atoms with Crippen molar-refractivity contribution in [3.8, 4) is 5.75 Å². The van der Waals surface area contributed by atoms with Crippen LogP contribution in [0.15, 0.2) is 18.2 Å². The molecule has 1 aromatic carbocycles. The maximum Gasteiger partial charge on any atom is 0.189 e. The molecule has 3 nitrogen and oxygen atoms in total. The zero-order chi connectivity index (χ0) is 11.4. The summed E-state index contributed by atoms with van der Waals surface area (Å²) in [6.45, 7) is 0.461. The van der Waals surface area contributed by atoms with Gasteiger partial charge in [-0.1, -0.05) is 12.1 Å². The SMILES string of the molecule is OCc1cccc(F)c1OCOCC1CC1. The molecule has 0 bridgehead atoms. The van der Waals surface area contributed by atoms with Gasteiger partial charge in [0.2, 0.25) is 0 Å². The fraction of sp³-hybridized carbons (Fsp3) is 0.500. The smallest absolute Gasteiger partial charge is 0.189 e. The molecule has 0 heterocycles. The van der Waals surface area contributed by atoms with Crippen molar-refractivity contribution in [2.24, 2.45) is 5.92 Å². The Morgan fingerprint density at radius 1 is 1.38 bits per heavy atom. The van der Waals surface area contributed by atoms with Gasteiger partial charge in [-0.3, -0.25) is 0 Å². The number of ether oxygens (including phenoxy) is 2. The highest BCUT2D eigenvalue weighted by atomic mass is 19.1. The molecule has 1 aromatic rings. The van der Waals surface area contributed by atoms with Gasteiger partial charge in [0, 0.05) is 5.56 Å². The molecule has 88 valence electrons. The van der Waals surface area contributed by atoms with E-state index < -0.39 is 5.82 Å². The number of hydrogen-bond acceptors (Lipinski definition) is 3. The lowest BCUT2D eigenvalue weighted by atomic mass is 10.2. The number of rotatable bonds is 6. The van der Waals surface area contributed by atoms with Crippen molar-refractivity contribution in [2.75, 3.05) is 13.4 Å². The Hall–Kier alpha value is -1.13. The second kappa shape index (κ2) is 5.27. The topological polar surface area (TPSA) is 38.7 Å². The van der Waals surface area contributed by atoms with Crippen LogP contribution >= 0.6 is 0 Å². The van der Waals surface area contributed by atoms with E-state index in [1.54, 1.807) is 12.1 Å². The highest BCUT2D eigenvalue weighted by Gasteiger charge is 2.21. The van der Waals surface area contributed by atoms with E-state index in [1.807, 2.05) is 0 Å². The molecule has 1 saturated carbocycles. The van der Waals surface area contributed by atoms with Crippen LogP contribution in [0.2, 0.25) is 0 Å². The van der Waals surface area contributed by atoms with Gasteiger partial charge >= 0.3 is 0 Å². The summed E-state index contributed by atoms with van der Waals surface area (Å²) in [4.78, 5) is 0. The summed E-state index contributed by atoms with van der Waals surface area (Å²) in [5.74, 6) is 0.268. The lowest BCUT2D eigenvalue weighted by molar-refractivity contribution is 0.00678. The standard InChI is InChI=1S/C12H15FO3/c13-11-3-1-2-10(6-14)12(11)16-8-15-7-9-4-5-9/h1-3,9,14H,4-8H2. The van der Waals surface area contributed by atoms with Crippen molar-refractivity contribution in [1.29, 1.82) is 0 Å². The fourth-order valence-electron chi connectivity index (χ4n) is 1.44. The lowest BCUT2D eigenvalue weighted by Gasteiger charge is -2.10. The van der Waals surface area contributed by atoms with Crippen LogP contribution < -0.4 is 4.74 Å². The third kappa shape index (κ3) is 2.93. The van der Waals surface area contributed by atoms with Crippen molar-refractivity contribution >= 4 is 0 Å². The van der Waals surface area contributed by atoms with E-state index in [4.69, 9.17) is 14.6 Å². The molecule has 16 heavy (non-hydrogen) atoms. The number of para-hydroxylation sites is 1. The van der Waals surface area contributed by atoms with Crippen molar-refractivity contribution in [2.45, 2.75) is 19.4 Å². The quantitative estimate of drug-likeness (QED) is 0.596. The largest absolute Gasteiger partial charge is 0.464 e. The maximum atomic E-state index is 13.3. The van der Waals surface area contributed by atoms with Gasteiger partial charge < -0.3 is 14.6 Å². The summed E-state index contributed by atoms with van der Waals surface area (Å²) < 4.78 is 23.8. The van der Waals surface area contributed by atoms with Crippen LogP contribution in [0.3, 0.4) is 0 Å². The zero-order valence-electron chi connectivity index (χ0n) is 8.99. The Morgan fingerprint density at radius 3 is 2.88 bits per heavy atom. The van der Waals surface area contributed by atoms with Gasteiger partial charge in [-0.15, -0.1) is 0 Å². The molecule has 0 spiro atoms. The molecule has 0 atom stereocenters. The summed E-state index contributed by atoms with van der Waals surface area (Å²) in [7, 11) is 0. The molecule has 0 amide bonds. The van der Waals surface area contributed by atoms with Crippen LogP contribution in [0.4, 0.5) is 4.39 Å². The summed E-state index contributed by atoms with van der Waals surface area (Å²) in [6.07, 6.45) is 2.42. The van der Waals surface area contributed by atoms with Crippen molar-refractivity contribution < 1.29 is 19.0 Å². The number of benzene rings is 1. The Bertz CT molecular complexity index is 350. The van der Waals surface area contributed by atoms with E-state index in [2.05, 4.69) is 0 Å². The predicted molar refractivity (Wildman–Crippen MR) is 56.5 cm³/mol. The Balaban J connectivity index is 1.86. The van der Waals surface area contributed by atoms with Gasteiger partial charge in [0.05, 0.1) is 13.2 Å². The first-order valence-electron chi connectivity index (χ1n) is 5.40. The molecular weight excluding hydrogens is 211 g/mol. The Labute approximate surface area is 93.8 Å². The van der Waals surface area contributed by atoms with Gasteiger partial charge in [0.25, 0.3) is 0 Å². The second-order valence-corrected chi connectivity index (χ2v) is 3.96. The van der Waals surface area contributed by atoms with Crippen molar-refractivity contribution in [1.82, 2.24) is 0 Å². The molecular formula is C12H15FO3. The molecule has 1 aliphatic rings. The average molecular weight is 226 g/mol. The van der Waals surface area contributed by atoms with Crippen LogP contribution in [-0.4, -0.2) is 18.5 Å². The van der Waals surface area contributed by atoms with E-state index in [1.165, 1.54) is 18.9 Å². The molecule has 1 aliphatic carbocycles. The molecule has 1 N–H and O–H groups in total. The van der Waals surface area contributed by atoms with Crippen LogP contribution in [0.1, 0.15) is 18.4 Å². The van der Waals surface area contributed by atoms with Gasteiger partial charge in [0.15, 0.2) is 18.4 Å². The van der Waals surface area contributed by atoms with E-state index in [-0.39, 0.29) is 19.1 Å². The lowest BCUT2D eigenvalue weighted by Crippen LogP contribution is -2.07. The molecule has 4 heteroatoms. The fourth-order valence-corrected chi connectivity index (χ4v) is 1.44. The van der Waals surface area contributed by atoms with Gasteiger partial charge in [0.1, 0.15) is 0 Å². The predicted octanol–water partition coefficient (Wildman–Crippen LogP) is 2.08. The minimum atomic E-state index is -0.471. The number of aliphatic hydroxyl groups excluding tert-OH is 1. The average Bonchev–Trinajstić information content (AvgIpc) is 3.09. The van der Waals surface area contributed by atoms with Gasteiger partial charge in [-0.2, -0.15) is 0 Å². The first kappa shape index (κ1) is 11.4. The second-order valence-electron chi connectivity index (χ2n) is 3.96. The Kier molecular flexibility index (Phi) is 3.74. The minimum absolute atomic E-state index is 0.0322. The van der Waals surface area contributed by atoms with Gasteiger partial charge in [-0.25, -0.2) is 4.39 Å². The van der Waals surface area contributed by atoms with Crippen LogP contribution in [0.25, 0.3) is 0 Å². The van der Waals surface area contributed by atoms with Gasteiger partial charge in [-0.05, 0) is 24.8 Å². The molecule has 0 radical (unpaired) electrons. The first-order valence-corrected chi connectivity index (χ1v) is 5.40. The summed E-state index contributed by atoms with van der Waals surface area (Å²) in [5.41, 5.74) is 0.440. The van der Waals surface area contributed by atoms with E-state index in [0.717, 1.165) is 0 Å². The third-order valence-electron chi connectivity index (χ3n) is 2.56. The zero-order valence-corrected chi connectivity index (χ0v) is 8.99. The van der Waals surface area contributed by atoms with Crippen LogP contribution in [0.5, 0.6) is 5.75 Å². The molecule has 0 aliphatic heterocycles. The maximum absolute atomic E-state index is 13.3. The summed E-state index contributed by atoms with van der Waals surface area (Å²) >= 11 is 0. The Morgan fingerprint density at radius 2 is 2.19 bits per heavy atom. The number of hydrogen-bond donors (Lipinski definition) is 1. The third-order valence-corrected chi connectivity index (χ3v) is 2.56.